The van der Waals surface area contributed by atoms with E-state index < -0.39 is 7.43 Å². The van der Waals surface area contributed by atoms with E-state index in [1.807, 2.05) is 8.93 Å². The van der Waals surface area contributed by atoms with Crippen LogP contribution in [-0.4, -0.2) is 7.92 Å². The maximum absolute atomic E-state index is 10.0. The third kappa shape index (κ3) is 16.8. The predicted octanol–water partition coefficient (Wildman–Crippen LogP) is 0.966. The minimum absolute atomic E-state index is 0.294. The normalized spacial score (nSPS) is 30.2. The van der Waals surface area contributed by atoms with Gasteiger partial charge >= 0.3 is 0 Å². The first-order valence-electron chi connectivity index (χ1n) is 1.91. The van der Waals surface area contributed by atoms with Crippen LogP contribution in [0.1, 0.15) is 1.37 Å². The van der Waals surface area contributed by atoms with Crippen molar-refractivity contribution in [1.29, 1.82) is 1.28 Å². The summed E-state index contributed by atoms with van der Waals surface area (Å²) in [6, 6.07) is 0. The summed E-state index contributed by atoms with van der Waals surface area (Å²) in [6.45, 7) is -0.294. The van der Waals surface area contributed by atoms with Crippen molar-refractivity contribution in [3.8, 4) is 0 Å². The standard InChI is InChI=1S/CH6OP2/c1-4(2)3/h4H,3H2,1H3/i1D,4D. The molecule has 0 aliphatic heterocycles. The lowest BCUT2D eigenvalue weighted by molar-refractivity contribution is 0.599. The Bertz CT molecular complexity index is 75.6. The van der Waals surface area contributed by atoms with Crippen LogP contribution in [0.2, 0.25) is 0 Å². The van der Waals surface area contributed by atoms with Crippen LogP contribution in [-0.2, 0) is 4.57 Å². The highest BCUT2D eigenvalue weighted by Gasteiger charge is 1.58. The van der Waals surface area contributed by atoms with Gasteiger partial charge in [0.25, 0.3) is 0 Å². The van der Waals surface area contributed by atoms with E-state index >= 15 is 0 Å². The number of hydrogen-bond acceptors (Lipinski definition) is 1. The van der Waals surface area contributed by atoms with Gasteiger partial charge in [-0.2, -0.15) is 0 Å². The summed E-state index contributed by atoms with van der Waals surface area (Å²) in [5, 5.41) is 0. The van der Waals surface area contributed by atoms with Gasteiger partial charge in [-0.05, 0) is 6.64 Å². The molecule has 0 aromatic rings. The average Bonchev–Trinajstić information content (AvgIpc) is 1.35. The van der Waals surface area contributed by atoms with Crippen LogP contribution in [0.25, 0.3) is 0 Å². The summed E-state index contributed by atoms with van der Waals surface area (Å²) in [5.74, 6) is 0. The van der Waals surface area contributed by atoms with Crippen molar-refractivity contribution in [3.05, 3.63) is 0 Å². The molecule has 4 heavy (non-hydrogen) atoms. The topological polar surface area (TPSA) is 17.1 Å². The highest BCUT2D eigenvalue weighted by atomic mass is 32.0. The molecule has 0 saturated heterocycles. The molecule has 0 aromatic carbocycles. The van der Waals surface area contributed by atoms with Crippen LogP contribution in [0.3, 0.4) is 0 Å². The van der Waals surface area contributed by atoms with Gasteiger partial charge in [0.05, 0.1) is 7.43 Å². The Labute approximate surface area is 31.4 Å². The molecule has 3 heteroatoms. The van der Waals surface area contributed by atoms with Crippen molar-refractivity contribution in [1.82, 2.24) is 0 Å². The third-order valence-electron chi connectivity index (χ3n) is 0. The van der Waals surface area contributed by atoms with Gasteiger partial charge in [0.2, 0.25) is 0 Å². The van der Waals surface area contributed by atoms with E-state index in [4.69, 9.17) is 2.65 Å². The van der Waals surface area contributed by atoms with Crippen LogP contribution in [0.5, 0.6) is 0 Å². The van der Waals surface area contributed by atoms with Crippen LogP contribution in [0.4, 0.5) is 0 Å². The summed E-state index contributed by atoms with van der Waals surface area (Å²) < 4.78 is 22.9. The molecule has 0 N–H and O–H groups in total. The molecular formula is CH6OP2. The highest BCUT2D eigenvalue weighted by Crippen LogP contribution is 2.22. The van der Waals surface area contributed by atoms with E-state index in [1.54, 1.807) is 0 Å². The van der Waals surface area contributed by atoms with Crippen LogP contribution in [0, 0.1) is 0 Å². The van der Waals surface area contributed by atoms with Gasteiger partial charge in [0.15, 0.2) is 0 Å². The highest BCUT2D eigenvalue weighted by molar-refractivity contribution is 8.06. The minimum Gasteiger partial charge on any atom is -0.323 e. The first kappa shape index (κ1) is 1.95. The van der Waals surface area contributed by atoms with Crippen LogP contribution >= 0.6 is 16.4 Å². The van der Waals surface area contributed by atoms with E-state index in [9.17, 15) is 4.57 Å². The molecule has 0 amide bonds. The molecule has 0 radical (unpaired) electrons. The second-order valence-electron chi connectivity index (χ2n) is 0.417. The van der Waals surface area contributed by atoms with Gasteiger partial charge in [0, 0.05) is 1.37 Å². The summed E-state index contributed by atoms with van der Waals surface area (Å²) >= 11 is 0. The second kappa shape index (κ2) is 1.93. The molecule has 0 bridgehead atoms. The molecule has 0 aromatic heterocycles. The molecular weight excluding hydrogens is 90.0 g/mol. The van der Waals surface area contributed by atoms with Crippen molar-refractivity contribution < 1.29 is 5.94 Å². The van der Waals surface area contributed by atoms with Gasteiger partial charge in [-0.15, -0.1) is 0 Å². The molecule has 0 aliphatic rings. The minimum atomic E-state index is -2.81. The van der Waals surface area contributed by atoms with Crippen LogP contribution in [0.15, 0.2) is 0 Å². The Balaban J connectivity index is 3.48. The molecule has 26 valence electrons. The van der Waals surface area contributed by atoms with E-state index in [0.717, 1.165) is 0 Å². The van der Waals surface area contributed by atoms with E-state index in [2.05, 4.69) is 0 Å². The Morgan fingerprint density at radius 1 is 2.75 bits per heavy atom. The number of hydrogen-bond donors (Lipinski definition) is 0. The van der Waals surface area contributed by atoms with E-state index in [0.29, 0.717) is 0 Å². The number of rotatable bonds is 0. The summed E-state index contributed by atoms with van der Waals surface area (Å²) in [6.07, 6.45) is 0. The molecule has 0 fully saturated rings. The maximum Gasteiger partial charge on any atom is 0.104 e. The largest absolute Gasteiger partial charge is 0.323 e. The Morgan fingerprint density at radius 2 is 3.00 bits per heavy atom. The summed E-state index contributed by atoms with van der Waals surface area (Å²) in [5.41, 5.74) is 0. The van der Waals surface area contributed by atoms with Gasteiger partial charge in [0.1, 0.15) is 1.28 Å². The van der Waals surface area contributed by atoms with Crippen molar-refractivity contribution >= 4 is 16.4 Å². The first-order valence-corrected chi connectivity index (χ1v) is 3.82. The smallest absolute Gasteiger partial charge is 0.104 e. The zero-order valence-corrected chi connectivity index (χ0v) is 4.19. The van der Waals surface area contributed by atoms with Crippen LogP contribution < -0.4 is 0 Å². The Kier molecular flexibility index (Phi) is 0.942. The van der Waals surface area contributed by atoms with Gasteiger partial charge in [-0.1, -0.05) is 8.93 Å². The molecule has 2 unspecified atom stereocenters. The van der Waals surface area contributed by atoms with Gasteiger partial charge in [-0.25, -0.2) is 0 Å². The molecule has 0 rings (SSSR count). The summed E-state index contributed by atoms with van der Waals surface area (Å²) in [4.78, 5) is 0. The van der Waals surface area contributed by atoms with Crippen molar-refractivity contribution in [2.24, 2.45) is 0 Å². The van der Waals surface area contributed by atoms with Crippen molar-refractivity contribution in [3.63, 3.8) is 0 Å². The third-order valence-corrected chi connectivity index (χ3v) is 0. The lowest BCUT2D eigenvalue weighted by Crippen LogP contribution is -1.16. The van der Waals surface area contributed by atoms with Gasteiger partial charge in [-0.3, -0.25) is 0 Å². The zero-order chi connectivity index (χ0) is 5.21. The van der Waals surface area contributed by atoms with E-state index in [1.165, 1.54) is 0 Å². The maximum atomic E-state index is 10.0. The molecule has 0 spiro atoms. The molecule has 0 heterocycles. The Hall–Kier alpha value is 0.660. The second-order valence-corrected chi connectivity index (χ2v) is 2.98. The lowest BCUT2D eigenvalue weighted by atomic mass is 12.0. The molecule has 1 nitrogen and oxygen atoms in total. The monoisotopic (exact) mass is 98.0 g/mol. The molecule has 0 saturated carbocycles. The molecule has 2 atom stereocenters. The predicted molar refractivity (Wildman–Crippen MR) is 24.6 cm³/mol. The quantitative estimate of drug-likeness (QED) is 0.412. The fraction of sp³-hybridized carbons (Fsp3) is 1.00. The first-order chi connectivity index (χ1) is 2.56. The fourth-order valence-corrected chi connectivity index (χ4v) is 0. The average molecular weight is 98.0 g/mol. The lowest BCUT2D eigenvalue weighted by Gasteiger charge is -1.59. The van der Waals surface area contributed by atoms with Gasteiger partial charge < -0.3 is 4.57 Å². The Morgan fingerprint density at radius 3 is 3.00 bits per heavy atom. The van der Waals surface area contributed by atoms with E-state index in [-0.39, 0.29) is 6.64 Å². The SMILES string of the molecule is [2H]CP([2H])(=O)P. The molecule has 0 aliphatic carbocycles. The van der Waals surface area contributed by atoms with Crippen molar-refractivity contribution in [2.75, 3.05) is 6.64 Å². The van der Waals surface area contributed by atoms with Crippen molar-refractivity contribution in [2.45, 2.75) is 0 Å². The summed E-state index contributed by atoms with van der Waals surface area (Å²) in [7, 11) is -0.987. The fourth-order valence-electron chi connectivity index (χ4n) is 0. The zero-order valence-electron chi connectivity index (χ0n) is 4.14.